The summed E-state index contributed by atoms with van der Waals surface area (Å²) >= 11 is 3.44. The molecule has 3 aromatic rings. The first-order valence-electron chi connectivity index (χ1n) is 7.74. The van der Waals surface area contributed by atoms with Crippen LogP contribution in [-0.4, -0.2) is 22.9 Å². The van der Waals surface area contributed by atoms with Crippen LogP contribution >= 0.6 is 15.9 Å². The zero-order valence-electron chi connectivity index (χ0n) is 13.9. The molecule has 0 aliphatic rings. The lowest BCUT2D eigenvalue weighted by molar-refractivity contribution is 0.0988. The highest BCUT2D eigenvalue weighted by molar-refractivity contribution is 9.10. The Morgan fingerprint density at radius 3 is 2.52 bits per heavy atom. The Morgan fingerprint density at radius 2 is 1.80 bits per heavy atom. The molecule has 1 N–H and O–H groups in total. The molecule has 0 bridgehead atoms. The first-order chi connectivity index (χ1) is 12.0. The van der Waals surface area contributed by atoms with Gasteiger partial charge in [-0.2, -0.15) is 0 Å². The van der Waals surface area contributed by atoms with E-state index in [1.54, 1.807) is 24.9 Å². The molecular formula is C19H17BrN4O. The highest BCUT2D eigenvalue weighted by Crippen LogP contribution is 2.21. The van der Waals surface area contributed by atoms with E-state index in [0.29, 0.717) is 17.3 Å². The van der Waals surface area contributed by atoms with Gasteiger partial charge in [-0.1, -0.05) is 40.2 Å². The molecule has 0 atom stereocenters. The van der Waals surface area contributed by atoms with E-state index < -0.39 is 0 Å². The normalized spacial score (nSPS) is 10.4. The van der Waals surface area contributed by atoms with Crippen LogP contribution in [0, 0.1) is 6.92 Å². The number of halogens is 1. The molecule has 126 valence electrons. The largest absolute Gasteiger partial charge is 0.340 e. The number of nitrogens with zero attached hydrogens (tertiary/aromatic N) is 3. The Bertz CT molecular complexity index is 899. The van der Waals surface area contributed by atoms with Gasteiger partial charge in [-0.15, -0.1) is 0 Å². The second kappa shape index (κ2) is 7.44. The van der Waals surface area contributed by atoms with Gasteiger partial charge in [-0.25, -0.2) is 9.97 Å². The maximum atomic E-state index is 12.8. The number of amides is 1. The van der Waals surface area contributed by atoms with Gasteiger partial charge in [0.1, 0.15) is 17.3 Å². The lowest BCUT2D eigenvalue weighted by Crippen LogP contribution is -2.27. The van der Waals surface area contributed by atoms with Crippen molar-refractivity contribution in [3.8, 4) is 0 Å². The Labute approximate surface area is 154 Å². The minimum absolute atomic E-state index is 0.186. The van der Waals surface area contributed by atoms with Crippen LogP contribution in [0.3, 0.4) is 0 Å². The summed E-state index contributed by atoms with van der Waals surface area (Å²) in [5.41, 5.74) is 2.03. The van der Waals surface area contributed by atoms with Gasteiger partial charge < -0.3 is 10.2 Å². The van der Waals surface area contributed by atoms with Gasteiger partial charge in [-0.3, -0.25) is 4.79 Å². The quantitative estimate of drug-likeness (QED) is 0.701. The number of benzene rings is 2. The fourth-order valence-corrected chi connectivity index (χ4v) is 2.80. The van der Waals surface area contributed by atoms with Crippen molar-refractivity contribution in [3.63, 3.8) is 0 Å². The monoisotopic (exact) mass is 396 g/mol. The van der Waals surface area contributed by atoms with Crippen molar-refractivity contribution in [2.75, 3.05) is 17.3 Å². The van der Waals surface area contributed by atoms with E-state index in [0.717, 1.165) is 15.8 Å². The van der Waals surface area contributed by atoms with Gasteiger partial charge in [0.15, 0.2) is 0 Å². The van der Waals surface area contributed by atoms with Crippen LogP contribution in [0.15, 0.2) is 65.1 Å². The van der Waals surface area contributed by atoms with E-state index in [-0.39, 0.29) is 5.91 Å². The summed E-state index contributed by atoms with van der Waals surface area (Å²) < 4.78 is 0.961. The highest BCUT2D eigenvalue weighted by atomic mass is 79.9. The SMILES string of the molecule is Cc1nc(Nc2cccc(Br)c2)cc(C(=O)N(C)c2ccccc2)n1. The number of aromatic nitrogens is 2. The van der Waals surface area contributed by atoms with Gasteiger partial charge in [0.25, 0.3) is 5.91 Å². The topological polar surface area (TPSA) is 58.1 Å². The third-order valence-electron chi connectivity index (χ3n) is 3.60. The molecule has 5 nitrogen and oxygen atoms in total. The molecule has 3 rings (SSSR count). The molecule has 6 heteroatoms. The number of rotatable bonds is 4. The Morgan fingerprint density at radius 1 is 1.04 bits per heavy atom. The maximum Gasteiger partial charge on any atom is 0.276 e. The summed E-state index contributed by atoms with van der Waals surface area (Å²) in [5.74, 6) is 0.925. The van der Waals surface area contributed by atoms with Crippen molar-refractivity contribution < 1.29 is 4.79 Å². The van der Waals surface area contributed by atoms with E-state index in [1.165, 1.54) is 0 Å². The zero-order valence-corrected chi connectivity index (χ0v) is 15.5. The highest BCUT2D eigenvalue weighted by Gasteiger charge is 2.16. The number of carbonyl (C=O) groups is 1. The molecule has 0 spiro atoms. The summed E-state index contributed by atoms with van der Waals surface area (Å²) in [7, 11) is 1.73. The second-order valence-electron chi connectivity index (χ2n) is 5.52. The summed E-state index contributed by atoms with van der Waals surface area (Å²) in [6.07, 6.45) is 0. The maximum absolute atomic E-state index is 12.8. The number of aryl methyl sites for hydroxylation is 1. The molecule has 2 aromatic carbocycles. The molecule has 1 heterocycles. The minimum Gasteiger partial charge on any atom is -0.340 e. The summed E-state index contributed by atoms with van der Waals surface area (Å²) in [6.45, 7) is 1.77. The molecule has 1 amide bonds. The fraction of sp³-hybridized carbons (Fsp3) is 0.105. The third kappa shape index (κ3) is 4.22. The average Bonchev–Trinajstić information content (AvgIpc) is 2.60. The first-order valence-corrected chi connectivity index (χ1v) is 8.53. The summed E-state index contributed by atoms with van der Waals surface area (Å²) in [4.78, 5) is 23.0. The van der Waals surface area contributed by atoms with E-state index in [2.05, 4.69) is 31.2 Å². The van der Waals surface area contributed by atoms with Gasteiger partial charge in [0, 0.05) is 29.0 Å². The van der Waals surface area contributed by atoms with Crippen LogP contribution in [0.4, 0.5) is 17.2 Å². The number of nitrogens with one attached hydrogen (secondary N) is 1. The Kier molecular flexibility index (Phi) is 5.09. The molecule has 25 heavy (non-hydrogen) atoms. The van der Waals surface area contributed by atoms with Gasteiger partial charge in [0.2, 0.25) is 0 Å². The van der Waals surface area contributed by atoms with Crippen molar-refractivity contribution in [2.45, 2.75) is 6.92 Å². The zero-order chi connectivity index (χ0) is 17.8. The van der Waals surface area contributed by atoms with Crippen molar-refractivity contribution in [2.24, 2.45) is 0 Å². The van der Waals surface area contributed by atoms with E-state index in [1.807, 2.05) is 54.6 Å². The van der Waals surface area contributed by atoms with E-state index in [9.17, 15) is 4.79 Å². The first kappa shape index (κ1) is 17.1. The lowest BCUT2D eigenvalue weighted by Gasteiger charge is -2.17. The second-order valence-corrected chi connectivity index (χ2v) is 6.44. The molecule has 0 saturated carbocycles. The molecule has 0 radical (unpaired) electrons. The Hall–Kier alpha value is -2.73. The van der Waals surface area contributed by atoms with Crippen molar-refractivity contribution in [3.05, 3.63) is 76.7 Å². The molecular weight excluding hydrogens is 380 g/mol. The number of carbonyl (C=O) groups excluding carboxylic acids is 1. The number of hydrogen-bond acceptors (Lipinski definition) is 4. The van der Waals surface area contributed by atoms with Crippen LogP contribution in [0.2, 0.25) is 0 Å². The van der Waals surface area contributed by atoms with Gasteiger partial charge in [-0.05, 0) is 37.3 Å². The summed E-state index contributed by atoms with van der Waals surface area (Å²) in [6, 6.07) is 18.9. The minimum atomic E-state index is -0.186. The van der Waals surface area contributed by atoms with Crippen LogP contribution in [0.25, 0.3) is 0 Å². The smallest absolute Gasteiger partial charge is 0.276 e. The van der Waals surface area contributed by atoms with E-state index in [4.69, 9.17) is 0 Å². The van der Waals surface area contributed by atoms with Crippen LogP contribution in [-0.2, 0) is 0 Å². The summed E-state index contributed by atoms with van der Waals surface area (Å²) in [5, 5.41) is 3.21. The number of hydrogen-bond donors (Lipinski definition) is 1. The lowest BCUT2D eigenvalue weighted by atomic mass is 10.2. The van der Waals surface area contributed by atoms with Crippen molar-refractivity contribution >= 4 is 39.0 Å². The molecule has 0 aliphatic carbocycles. The number of anilines is 3. The van der Waals surface area contributed by atoms with Crippen molar-refractivity contribution in [1.82, 2.24) is 9.97 Å². The molecule has 0 fully saturated rings. The standard InChI is InChI=1S/C19H17BrN4O/c1-13-21-17(19(25)24(2)16-9-4-3-5-10-16)12-18(22-13)23-15-8-6-7-14(20)11-15/h3-12H,1-2H3,(H,21,22,23). The van der Waals surface area contributed by atoms with E-state index >= 15 is 0 Å². The molecule has 0 aliphatic heterocycles. The predicted octanol–water partition coefficient (Wildman–Crippen LogP) is 4.57. The van der Waals surface area contributed by atoms with Gasteiger partial charge >= 0.3 is 0 Å². The fourth-order valence-electron chi connectivity index (χ4n) is 2.40. The predicted molar refractivity (Wildman–Crippen MR) is 103 cm³/mol. The third-order valence-corrected chi connectivity index (χ3v) is 4.10. The van der Waals surface area contributed by atoms with Crippen LogP contribution < -0.4 is 10.2 Å². The molecule has 0 unspecified atom stereocenters. The Balaban J connectivity index is 1.87. The van der Waals surface area contributed by atoms with Crippen LogP contribution in [0.1, 0.15) is 16.3 Å². The van der Waals surface area contributed by atoms with Crippen molar-refractivity contribution in [1.29, 1.82) is 0 Å². The number of para-hydroxylation sites is 1. The molecule has 1 aromatic heterocycles. The molecule has 0 saturated heterocycles. The van der Waals surface area contributed by atoms with Gasteiger partial charge in [0.05, 0.1) is 0 Å². The van der Waals surface area contributed by atoms with Crippen LogP contribution in [0.5, 0.6) is 0 Å². The average molecular weight is 397 g/mol.